The highest BCUT2D eigenvalue weighted by Gasteiger charge is 2.29. The second kappa shape index (κ2) is 3.98. The molecule has 1 atom stereocenters. The van der Waals surface area contributed by atoms with Crippen molar-refractivity contribution in [2.75, 3.05) is 18.1 Å². The standard InChI is InChI=1S/C10H16N2O2S/c11-5-3-9-2-1-6-12(9)10-4-7-15(13,14)8-10/h1-2,6,10H,3-5,7-8,11H2. The van der Waals surface area contributed by atoms with Crippen molar-refractivity contribution in [3.05, 3.63) is 24.0 Å². The Balaban J connectivity index is 2.20. The van der Waals surface area contributed by atoms with Gasteiger partial charge in [-0.1, -0.05) is 0 Å². The Morgan fingerprint density at radius 2 is 2.33 bits per heavy atom. The molecule has 1 aromatic rings. The molecule has 2 N–H and O–H groups in total. The highest BCUT2D eigenvalue weighted by Crippen LogP contribution is 2.25. The van der Waals surface area contributed by atoms with E-state index in [0.717, 1.165) is 18.5 Å². The van der Waals surface area contributed by atoms with Crippen LogP contribution in [0.25, 0.3) is 0 Å². The molecule has 1 aliphatic rings. The Hall–Kier alpha value is -0.810. The minimum absolute atomic E-state index is 0.117. The van der Waals surface area contributed by atoms with Gasteiger partial charge in [0.1, 0.15) is 0 Å². The van der Waals surface area contributed by atoms with Gasteiger partial charge in [-0.25, -0.2) is 8.42 Å². The van der Waals surface area contributed by atoms with E-state index in [0.29, 0.717) is 12.3 Å². The van der Waals surface area contributed by atoms with Crippen molar-refractivity contribution in [2.24, 2.45) is 5.73 Å². The Kier molecular flexibility index (Phi) is 2.84. The van der Waals surface area contributed by atoms with Gasteiger partial charge in [-0.3, -0.25) is 0 Å². The van der Waals surface area contributed by atoms with Crippen LogP contribution >= 0.6 is 0 Å². The van der Waals surface area contributed by atoms with E-state index >= 15 is 0 Å². The van der Waals surface area contributed by atoms with Gasteiger partial charge >= 0.3 is 0 Å². The lowest BCUT2D eigenvalue weighted by Crippen LogP contribution is -2.15. The van der Waals surface area contributed by atoms with Crippen molar-refractivity contribution < 1.29 is 8.42 Å². The van der Waals surface area contributed by atoms with Crippen LogP contribution in [0.4, 0.5) is 0 Å². The summed E-state index contributed by atoms with van der Waals surface area (Å²) in [5.74, 6) is 0.594. The molecule has 1 unspecified atom stereocenters. The minimum Gasteiger partial charge on any atom is -0.347 e. The monoisotopic (exact) mass is 228 g/mol. The fraction of sp³-hybridized carbons (Fsp3) is 0.600. The van der Waals surface area contributed by atoms with Crippen molar-refractivity contribution in [3.8, 4) is 0 Å². The number of nitrogens with zero attached hydrogens (tertiary/aromatic N) is 1. The lowest BCUT2D eigenvalue weighted by molar-refractivity contribution is 0.537. The molecule has 1 saturated heterocycles. The molecule has 84 valence electrons. The van der Waals surface area contributed by atoms with E-state index in [1.807, 2.05) is 18.3 Å². The predicted molar refractivity (Wildman–Crippen MR) is 59.5 cm³/mol. The molecule has 15 heavy (non-hydrogen) atoms. The van der Waals surface area contributed by atoms with E-state index < -0.39 is 9.84 Å². The van der Waals surface area contributed by atoms with E-state index in [1.165, 1.54) is 0 Å². The Morgan fingerprint density at radius 3 is 2.93 bits per heavy atom. The lowest BCUT2D eigenvalue weighted by Gasteiger charge is -2.14. The number of nitrogens with two attached hydrogens (primary N) is 1. The van der Waals surface area contributed by atoms with E-state index in [-0.39, 0.29) is 11.8 Å². The third-order valence-corrected chi connectivity index (χ3v) is 4.62. The van der Waals surface area contributed by atoms with Crippen molar-refractivity contribution in [1.82, 2.24) is 4.57 Å². The molecule has 1 aliphatic heterocycles. The van der Waals surface area contributed by atoms with Crippen LogP contribution < -0.4 is 5.73 Å². The van der Waals surface area contributed by atoms with E-state index in [2.05, 4.69) is 4.57 Å². The van der Waals surface area contributed by atoms with Gasteiger partial charge in [0.25, 0.3) is 0 Å². The average molecular weight is 228 g/mol. The summed E-state index contributed by atoms with van der Waals surface area (Å²) >= 11 is 0. The van der Waals surface area contributed by atoms with Gasteiger partial charge in [0.15, 0.2) is 9.84 Å². The van der Waals surface area contributed by atoms with Crippen LogP contribution in [0.15, 0.2) is 18.3 Å². The molecule has 0 radical (unpaired) electrons. The summed E-state index contributed by atoms with van der Waals surface area (Å²) in [6.45, 7) is 0.601. The first kappa shape index (κ1) is 10.7. The highest BCUT2D eigenvalue weighted by molar-refractivity contribution is 7.91. The molecular weight excluding hydrogens is 212 g/mol. The third-order valence-electron chi connectivity index (χ3n) is 2.87. The van der Waals surface area contributed by atoms with E-state index in [4.69, 9.17) is 5.73 Å². The van der Waals surface area contributed by atoms with Gasteiger partial charge < -0.3 is 10.3 Å². The van der Waals surface area contributed by atoms with Crippen LogP contribution in [-0.4, -0.2) is 31.0 Å². The number of hydrogen-bond acceptors (Lipinski definition) is 3. The smallest absolute Gasteiger partial charge is 0.152 e. The molecule has 4 nitrogen and oxygen atoms in total. The maximum absolute atomic E-state index is 11.4. The van der Waals surface area contributed by atoms with E-state index in [9.17, 15) is 8.42 Å². The summed E-state index contributed by atoms with van der Waals surface area (Å²) in [6.07, 6.45) is 3.49. The molecule has 1 aromatic heterocycles. The zero-order valence-electron chi connectivity index (χ0n) is 8.59. The quantitative estimate of drug-likeness (QED) is 0.811. The van der Waals surface area contributed by atoms with Crippen LogP contribution in [0, 0.1) is 0 Å². The molecule has 0 bridgehead atoms. The first-order valence-electron chi connectivity index (χ1n) is 5.18. The summed E-state index contributed by atoms with van der Waals surface area (Å²) in [5, 5.41) is 0. The summed E-state index contributed by atoms with van der Waals surface area (Å²) < 4.78 is 24.8. The average Bonchev–Trinajstić information content (AvgIpc) is 2.72. The highest BCUT2D eigenvalue weighted by atomic mass is 32.2. The van der Waals surface area contributed by atoms with Gasteiger partial charge in [-0.05, 0) is 31.5 Å². The van der Waals surface area contributed by atoms with Crippen LogP contribution in [-0.2, 0) is 16.3 Å². The molecular formula is C10H16N2O2S. The number of hydrogen-bond donors (Lipinski definition) is 1. The van der Waals surface area contributed by atoms with Crippen molar-refractivity contribution >= 4 is 9.84 Å². The van der Waals surface area contributed by atoms with Crippen LogP contribution in [0.5, 0.6) is 0 Å². The summed E-state index contributed by atoms with van der Waals surface area (Å²) in [5.41, 5.74) is 6.65. The van der Waals surface area contributed by atoms with Gasteiger partial charge in [-0.15, -0.1) is 0 Å². The zero-order chi connectivity index (χ0) is 10.9. The fourth-order valence-electron chi connectivity index (χ4n) is 2.14. The van der Waals surface area contributed by atoms with Crippen LogP contribution in [0.2, 0.25) is 0 Å². The molecule has 0 aromatic carbocycles. The number of sulfone groups is 1. The Labute approximate surface area is 90.0 Å². The molecule has 0 amide bonds. The summed E-state index contributed by atoms with van der Waals surface area (Å²) in [7, 11) is -2.81. The lowest BCUT2D eigenvalue weighted by atomic mass is 10.2. The number of aromatic nitrogens is 1. The topological polar surface area (TPSA) is 65.1 Å². The molecule has 2 heterocycles. The predicted octanol–water partition coefficient (Wildman–Crippen LogP) is 0.349. The van der Waals surface area contributed by atoms with E-state index in [1.54, 1.807) is 0 Å². The van der Waals surface area contributed by atoms with Gasteiger partial charge in [0.05, 0.1) is 11.5 Å². The fourth-order valence-corrected chi connectivity index (χ4v) is 3.85. The molecule has 0 spiro atoms. The third kappa shape index (κ3) is 2.23. The van der Waals surface area contributed by atoms with Crippen molar-refractivity contribution in [2.45, 2.75) is 18.9 Å². The summed E-state index contributed by atoms with van der Waals surface area (Å²) in [4.78, 5) is 0. The van der Waals surface area contributed by atoms with Crippen molar-refractivity contribution in [1.29, 1.82) is 0 Å². The summed E-state index contributed by atoms with van der Waals surface area (Å²) in [6, 6.07) is 4.08. The van der Waals surface area contributed by atoms with Crippen molar-refractivity contribution in [3.63, 3.8) is 0 Å². The number of rotatable bonds is 3. The first-order chi connectivity index (χ1) is 7.12. The largest absolute Gasteiger partial charge is 0.347 e. The zero-order valence-corrected chi connectivity index (χ0v) is 9.41. The van der Waals surface area contributed by atoms with Gasteiger partial charge in [0, 0.05) is 17.9 Å². The van der Waals surface area contributed by atoms with Gasteiger partial charge in [-0.2, -0.15) is 0 Å². The molecule has 0 saturated carbocycles. The molecule has 2 rings (SSSR count). The van der Waals surface area contributed by atoms with Crippen LogP contribution in [0.3, 0.4) is 0 Å². The maximum Gasteiger partial charge on any atom is 0.152 e. The SMILES string of the molecule is NCCc1cccn1C1CCS(=O)(=O)C1. The van der Waals surface area contributed by atoms with Gasteiger partial charge in [0.2, 0.25) is 0 Å². The molecule has 1 fully saturated rings. The minimum atomic E-state index is -2.81. The Bertz CT molecular complexity index is 436. The normalized spacial score (nSPS) is 24.5. The second-order valence-corrected chi connectivity index (χ2v) is 6.23. The molecule has 5 heteroatoms. The maximum atomic E-state index is 11.4. The van der Waals surface area contributed by atoms with Crippen LogP contribution in [0.1, 0.15) is 18.2 Å². The Morgan fingerprint density at radius 1 is 1.53 bits per heavy atom. The molecule has 0 aliphatic carbocycles. The second-order valence-electron chi connectivity index (χ2n) is 4.00. The first-order valence-corrected chi connectivity index (χ1v) is 7.01.